The largest absolute Gasteiger partial charge is 0.367 e. The number of hydrogen-bond acceptors (Lipinski definition) is 7. The average molecular weight is 537 g/mol. The van der Waals surface area contributed by atoms with Crippen LogP contribution in [0.1, 0.15) is 37.2 Å². The van der Waals surface area contributed by atoms with Gasteiger partial charge in [-0.15, -0.1) is 0 Å². The second kappa shape index (κ2) is 11.2. The van der Waals surface area contributed by atoms with Crippen LogP contribution in [0.25, 0.3) is 22.2 Å². The predicted molar refractivity (Wildman–Crippen MR) is 161 cm³/mol. The van der Waals surface area contributed by atoms with Crippen molar-refractivity contribution >= 4 is 34.0 Å². The molecule has 2 aromatic heterocycles. The lowest BCUT2D eigenvalue weighted by Gasteiger charge is -2.34. The number of pyridine rings is 1. The highest BCUT2D eigenvalue weighted by atomic mass is 16.1. The van der Waals surface area contributed by atoms with Crippen LogP contribution < -0.4 is 15.5 Å². The van der Waals surface area contributed by atoms with Crippen molar-refractivity contribution < 1.29 is 4.79 Å². The molecule has 0 unspecified atom stereocenters. The van der Waals surface area contributed by atoms with Crippen LogP contribution in [-0.4, -0.2) is 71.4 Å². The number of fused-ring (bicyclic) bond motifs is 2. The van der Waals surface area contributed by atoms with E-state index in [-0.39, 0.29) is 5.91 Å². The molecule has 2 aromatic carbocycles. The number of anilines is 2. The van der Waals surface area contributed by atoms with Crippen LogP contribution in [0, 0.1) is 5.92 Å². The lowest BCUT2D eigenvalue weighted by Crippen LogP contribution is -2.44. The quantitative estimate of drug-likeness (QED) is 0.340. The average Bonchev–Trinajstić information content (AvgIpc) is 3.26. The molecule has 4 aromatic rings. The van der Waals surface area contributed by atoms with E-state index in [9.17, 15) is 4.79 Å². The number of para-hydroxylation sites is 1. The first-order valence-corrected chi connectivity index (χ1v) is 14.0. The zero-order valence-electron chi connectivity index (χ0n) is 23.4. The molecule has 0 saturated carbocycles. The minimum atomic E-state index is -0.00259. The Bertz CT molecular complexity index is 1560. The molecule has 206 valence electrons. The van der Waals surface area contributed by atoms with Gasteiger partial charge in [-0.1, -0.05) is 32.0 Å². The van der Waals surface area contributed by atoms with Crippen molar-refractivity contribution in [3.8, 4) is 11.1 Å². The molecule has 0 spiro atoms. The zero-order chi connectivity index (χ0) is 27.6. The number of piperazine rings is 1. The van der Waals surface area contributed by atoms with Crippen LogP contribution in [0.5, 0.6) is 0 Å². The number of rotatable bonds is 6. The highest BCUT2D eigenvalue weighted by Crippen LogP contribution is 2.30. The zero-order valence-corrected chi connectivity index (χ0v) is 23.4. The second-order valence-electron chi connectivity index (χ2n) is 11.1. The predicted octanol–water partition coefficient (Wildman–Crippen LogP) is 4.26. The first kappa shape index (κ1) is 26.2. The summed E-state index contributed by atoms with van der Waals surface area (Å²) in [6.07, 6.45) is 3.99. The third-order valence-corrected chi connectivity index (χ3v) is 7.54. The maximum absolute atomic E-state index is 12.3. The lowest BCUT2D eigenvalue weighted by atomic mass is 9.96. The van der Waals surface area contributed by atoms with Gasteiger partial charge in [-0.3, -0.25) is 20.1 Å². The fourth-order valence-electron chi connectivity index (χ4n) is 5.42. The highest BCUT2D eigenvalue weighted by molar-refractivity contribution is 6.14. The molecule has 0 bridgehead atoms. The molecule has 0 radical (unpaired) electrons. The van der Waals surface area contributed by atoms with Crippen molar-refractivity contribution in [1.82, 2.24) is 25.2 Å². The second-order valence-corrected chi connectivity index (χ2v) is 11.1. The molecule has 9 heteroatoms. The van der Waals surface area contributed by atoms with E-state index >= 15 is 0 Å². The first-order valence-electron chi connectivity index (χ1n) is 14.0. The number of carbonyl (C=O) groups excluding carboxylic acids is 1. The fraction of sp³-hybridized carbons (Fsp3) is 0.355. The number of aromatic nitrogens is 3. The number of aliphatic imine (C=N–C) groups is 1. The molecule has 6 rings (SSSR count). The number of nitrogens with one attached hydrogen (secondary N) is 3. The van der Waals surface area contributed by atoms with Crippen LogP contribution in [-0.2, 0) is 11.3 Å². The number of imidazole rings is 1. The van der Waals surface area contributed by atoms with E-state index in [1.165, 1.54) is 0 Å². The molecule has 9 nitrogen and oxygen atoms in total. The van der Waals surface area contributed by atoms with Crippen LogP contribution in [0.2, 0.25) is 0 Å². The third-order valence-electron chi connectivity index (χ3n) is 7.54. The van der Waals surface area contributed by atoms with Gasteiger partial charge in [0.2, 0.25) is 5.91 Å². The van der Waals surface area contributed by atoms with E-state index in [0.29, 0.717) is 24.7 Å². The number of benzene rings is 2. The Kier molecular flexibility index (Phi) is 7.32. The van der Waals surface area contributed by atoms with Gasteiger partial charge < -0.3 is 20.1 Å². The number of nitrogens with zero attached hydrogens (tertiary/aromatic N) is 5. The Morgan fingerprint density at radius 1 is 1.05 bits per heavy atom. The van der Waals surface area contributed by atoms with Crippen molar-refractivity contribution in [2.24, 2.45) is 10.9 Å². The fourth-order valence-corrected chi connectivity index (χ4v) is 5.42. The molecule has 1 fully saturated rings. The maximum atomic E-state index is 12.3. The molecule has 0 aliphatic carbocycles. The van der Waals surface area contributed by atoms with Crippen LogP contribution in [0.3, 0.4) is 0 Å². The molecule has 3 N–H and O–H groups in total. The van der Waals surface area contributed by atoms with Crippen molar-refractivity contribution in [3.63, 3.8) is 0 Å². The molecular weight excluding hydrogens is 500 g/mol. The SMILES string of the molecule is CC(C)CC(=O)Nc1cncc(-c2ccc3c(c2)C(c2nc4c(N5CCN(C)CC5)cccc4[nH]2)=NCNC3)c1. The Balaban J connectivity index is 1.34. The Hall–Kier alpha value is -4.08. The molecule has 2 aliphatic heterocycles. The van der Waals surface area contributed by atoms with Gasteiger partial charge in [0.15, 0.2) is 5.82 Å². The van der Waals surface area contributed by atoms with Gasteiger partial charge in [0.25, 0.3) is 0 Å². The molecule has 2 aliphatic rings. The van der Waals surface area contributed by atoms with E-state index < -0.39 is 0 Å². The molecule has 0 atom stereocenters. The minimum absolute atomic E-state index is 0.00259. The number of amides is 1. The van der Waals surface area contributed by atoms with Gasteiger partial charge in [0.05, 0.1) is 29.8 Å². The van der Waals surface area contributed by atoms with Crippen molar-refractivity contribution in [2.75, 3.05) is 50.1 Å². The molecule has 1 amide bonds. The summed E-state index contributed by atoms with van der Waals surface area (Å²) in [7, 11) is 2.17. The van der Waals surface area contributed by atoms with Gasteiger partial charge in [-0.05, 0) is 48.4 Å². The summed E-state index contributed by atoms with van der Waals surface area (Å²) < 4.78 is 0. The summed E-state index contributed by atoms with van der Waals surface area (Å²) in [6.45, 7) is 9.36. The number of carbonyl (C=O) groups is 1. The maximum Gasteiger partial charge on any atom is 0.224 e. The third kappa shape index (κ3) is 5.48. The van der Waals surface area contributed by atoms with Crippen LogP contribution >= 0.6 is 0 Å². The van der Waals surface area contributed by atoms with Crippen molar-refractivity contribution in [3.05, 3.63) is 71.8 Å². The highest BCUT2D eigenvalue weighted by Gasteiger charge is 2.22. The van der Waals surface area contributed by atoms with Crippen molar-refractivity contribution in [2.45, 2.75) is 26.8 Å². The van der Waals surface area contributed by atoms with Gasteiger partial charge in [-0.2, -0.15) is 0 Å². The topological polar surface area (TPSA) is 102 Å². The molecule has 40 heavy (non-hydrogen) atoms. The summed E-state index contributed by atoms with van der Waals surface area (Å²) in [5.41, 5.74) is 8.84. The summed E-state index contributed by atoms with van der Waals surface area (Å²) in [6, 6.07) is 14.7. The Morgan fingerprint density at radius 2 is 1.90 bits per heavy atom. The van der Waals surface area contributed by atoms with Gasteiger partial charge in [0.1, 0.15) is 11.2 Å². The number of likely N-dealkylation sites (N-methyl/N-ethyl adjacent to an activating group) is 1. The molecule has 1 saturated heterocycles. The van der Waals surface area contributed by atoms with E-state index in [0.717, 1.165) is 83.2 Å². The minimum Gasteiger partial charge on any atom is -0.367 e. The smallest absolute Gasteiger partial charge is 0.224 e. The van der Waals surface area contributed by atoms with Crippen LogP contribution in [0.15, 0.2) is 59.9 Å². The van der Waals surface area contributed by atoms with Crippen LogP contribution in [0.4, 0.5) is 11.4 Å². The van der Waals surface area contributed by atoms with Gasteiger partial charge in [0, 0.05) is 56.5 Å². The summed E-state index contributed by atoms with van der Waals surface area (Å²) in [4.78, 5) is 35.1. The Morgan fingerprint density at radius 3 is 2.73 bits per heavy atom. The van der Waals surface area contributed by atoms with E-state index in [1.807, 2.05) is 26.1 Å². The summed E-state index contributed by atoms with van der Waals surface area (Å²) in [5.74, 6) is 1.06. The Labute approximate surface area is 234 Å². The summed E-state index contributed by atoms with van der Waals surface area (Å²) in [5, 5.41) is 6.39. The number of H-pyrrole nitrogens is 1. The molecule has 4 heterocycles. The standard InChI is InChI=1S/C31H36N8O/c1-20(2)13-28(40)35-24-14-23(17-32-18-24)21-7-8-22-16-33-19-34-29(25(22)15-21)31-36-26-5-4-6-27(30(26)37-31)39-11-9-38(3)10-12-39/h4-8,14-15,17-18,20,33H,9-13,16,19H2,1-3H3,(H,35,40)(H,36,37). The normalized spacial score (nSPS) is 16.1. The number of hydrogen-bond donors (Lipinski definition) is 3. The van der Waals surface area contributed by atoms with E-state index in [4.69, 9.17) is 9.98 Å². The number of aromatic amines is 1. The van der Waals surface area contributed by atoms with Gasteiger partial charge in [-0.25, -0.2) is 4.98 Å². The summed E-state index contributed by atoms with van der Waals surface area (Å²) >= 11 is 0. The van der Waals surface area contributed by atoms with E-state index in [2.05, 4.69) is 73.8 Å². The van der Waals surface area contributed by atoms with E-state index in [1.54, 1.807) is 6.20 Å². The first-order chi connectivity index (χ1) is 19.4. The van der Waals surface area contributed by atoms with Crippen molar-refractivity contribution in [1.29, 1.82) is 0 Å². The molecular formula is C31H36N8O. The lowest BCUT2D eigenvalue weighted by molar-refractivity contribution is -0.116. The monoisotopic (exact) mass is 536 g/mol. The van der Waals surface area contributed by atoms with Gasteiger partial charge >= 0.3 is 0 Å².